The molecule has 2 heterocycles. The summed E-state index contributed by atoms with van der Waals surface area (Å²) in [7, 11) is 1.95. The van der Waals surface area contributed by atoms with Crippen molar-refractivity contribution in [1.29, 1.82) is 0 Å². The molecule has 2 aromatic rings. The van der Waals surface area contributed by atoms with Crippen molar-refractivity contribution in [1.82, 2.24) is 19.6 Å². The van der Waals surface area contributed by atoms with Crippen molar-refractivity contribution >= 4 is 0 Å². The second-order valence-corrected chi connectivity index (χ2v) is 5.56. The van der Waals surface area contributed by atoms with Gasteiger partial charge < -0.3 is 5.73 Å². The smallest absolute Gasteiger partial charge is 0.0644 e. The third-order valence-corrected chi connectivity index (χ3v) is 4.07. The first kappa shape index (κ1) is 14.8. The summed E-state index contributed by atoms with van der Waals surface area (Å²) in [6, 6.07) is 2.44. The molecule has 5 nitrogen and oxygen atoms in total. The highest BCUT2D eigenvalue weighted by atomic mass is 15.3. The average molecular weight is 275 g/mol. The molecule has 0 spiro atoms. The summed E-state index contributed by atoms with van der Waals surface area (Å²) in [5, 5.41) is 9.05. The highest BCUT2D eigenvalue weighted by molar-refractivity contribution is 5.29. The monoisotopic (exact) mass is 275 g/mol. The summed E-state index contributed by atoms with van der Waals surface area (Å²) in [4.78, 5) is 0. The molecular weight excluding hydrogens is 250 g/mol. The predicted molar refractivity (Wildman–Crippen MR) is 80.5 cm³/mol. The molecule has 0 amide bonds. The Labute approximate surface area is 120 Å². The normalized spacial score (nSPS) is 14.5. The van der Waals surface area contributed by atoms with E-state index in [1.165, 1.54) is 0 Å². The number of nitrogens with two attached hydrogens (primary N) is 1. The van der Waals surface area contributed by atoms with Crippen molar-refractivity contribution in [2.24, 2.45) is 12.8 Å². The highest BCUT2D eigenvalue weighted by Gasteiger charge is 2.18. The molecule has 2 N–H and O–H groups in total. The van der Waals surface area contributed by atoms with Crippen LogP contribution < -0.4 is 5.73 Å². The lowest BCUT2D eigenvalue weighted by Crippen LogP contribution is -2.16. The zero-order valence-corrected chi connectivity index (χ0v) is 13.1. The molecular formula is C15H25N5. The van der Waals surface area contributed by atoms with E-state index in [1.807, 2.05) is 29.5 Å². The minimum atomic E-state index is -0.0519. The molecule has 0 aliphatic heterocycles. The number of hydrogen-bond acceptors (Lipinski definition) is 3. The summed E-state index contributed by atoms with van der Waals surface area (Å²) < 4.78 is 3.91. The van der Waals surface area contributed by atoms with Gasteiger partial charge in [-0.1, -0.05) is 6.92 Å². The van der Waals surface area contributed by atoms with Gasteiger partial charge in [-0.05, 0) is 33.3 Å². The fourth-order valence-electron chi connectivity index (χ4n) is 2.57. The Balaban J connectivity index is 2.15. The van der Waals surface area contributed by atoms with Crippen LogP contribution >= 0.6 is 0 Å². The van der Waals surface area contributed by atoms with Crippen molar-refractivity contribution in [3.63, 3.8) is 0 Å². The van der Waals surface area contributed by atoms with Gasteiger partial charge in [0.1, 0.15) is 0 Å². The molecule has 2 aromatic heterocycles. The van der Waals surface area contributed by atoms with Crippen molar-refractivity contribution in [3.05, 3.63) is 34.9 Å². The summed E-state index contributed by atoms with van der Waals surface area (Å²) >= 11 is 0. The quantitative estimate of drug-likeness (QED) is 0.911. The Hall–Kier alpha value is -1.62. The van der Waals surface area contributed by atoms with E-state index in [0.717, 1.165) is 35.5 Å². The summed E-state index contributed by atoms with van der Waals surface area (Å²) in [5.41, 5.74) is 10.7. The molecule has 110 valence electrons. The van der Waals surface area contributed by atoms with Crippen molar-refractivity contribution in [3.8, 4) is 0 Å². The molecule has 0 bridgehead atoms. The Morgan fingerprint density at radius 1 is 1.30 bits per heavy atom. The van der Waals surface area contributed by atoms with Gasteiger partial charge in [0.05, 0.1) is 11.4 Å². The Bertz CT molecular complexity index is 581. The highest BCUT2D eigenvalue weighted by Crippen LogP contribution is 2.22. The van der Waals surface area contributed by atoms with Crippen LogP contribution in [-0.4, -0.2) is 19.6 Å². The van der Waals surface area contributed by atoms with E-state index in [4.69, 9.17) is 5.73 Å². The molecule has 0 fully saturated rings. The molecule has 2 atom stereocenters. The van der Waals surface area contributed by atoms with E-state index in [-0.39, 0.29) is 6.04 Å². The molecule has 0 aliphatic rings. The van der Waals surface area contributed by atoms with Gasteiger partial charge in [-0.3, -0.25) is 9.36 Å². The van der Waals surface area contributed by atoms with Crippen LogP contribution in [0.1, 0.15) is 55.0 Å². The zero-order valence-electron chi connectivity index (χ0n) is 13.1. The van der Waals surface area contributed by atoms with Crippen LogP contribution in [0.4, 0.5) is 0 Å². The van der Waals surface area contributed by atoms with Gasteiger partial charge >= 0.3 is 0 Å². The van der Waals surface area contributed by atoms with Crippen molar-refractivity contribution in [2.75, 3.05) is 0 Å². The second-order valence-electron chi connectivity index (χ2n) is 5.56. The van der Waals surface area contributed by atoms with E-state index in [0.29, 0.717) is 6.04 Å². The maximum atomic E-state index is 6.36. The lowest BCUT2D eigenvalue weighted by Gasteiger charge is -2.12. The van der Waals surface area contributed by atoms with Gasteiger partial charge in [0.25, 0.3) is 0 Å². The molecule has 2 rings (SSSR count). The van der Waals surface area contributed by atoms with E-state index < -0.39 is 0 Å². The van der Waals surface area contributed by atoms with Crippen LogP contribution in [-0.2, 0) is 13.5 Å². The largest absolute Gasteiger partial charge is 0.324 e. The molecule has 0 aromatic carbocycles. The zero-order chi connectivity index (χ0) is 14.9. The standard InChI is InChI=1S/C15H25N5/c1-6-10(2)20-8-7-13(18-20)9-14(16)15-11(3)17-19(5)12(15)4/h7-8,10,14H,6,9,16H2,1-5H3. The van der Waals surface area contributed by atoms with Crippen molar-refractivity contribution < 1.29 is 0 Å². The summed E-state index contributed by atoms with van der Waals surface area (Å²) in [5.74, 6) is 0. The van der Waals surface area contributed by atoms with Crippen LogP contribution in [0.5, 0.6) is 0 Å². The molecule has 0 saturated heterocycles. The van der Waals surface area contributed by atoms with Crippen LogP contribution in [0.15, 0.2) is 12.3 Å². The van der Waals surface area contributed by atoms with Gasteiger partial charge in [-0.2, -0.15) is 10.2 Å². The van der Waals surface area contributed by atoms with Gasteiger partial charge in [-0.25, -0.2) is 0 Å². The van der Waals surface area contributed by atoms with E-state index in [9.17, 15) is 0 Å². The number of aromatic nitrogens is 4. The number of rotatable bonds is 5. The summed E-state index contributed by atoms with van der Waals surface area (Å²) in [6.45, 7) is 8.42. The minimum Gasteiger partial charge on any atom is -0.324 e. The average Bonchev–Trinajstić information content (AvgIpc) is 2.94. The first-order valence-electron chi connectivity index (χ1n) is 7.23. The van der Waals surface area contributed by atoms with Gasteiger partial charge in [0.15, 0.2) is 0 Å². The maximum Gasteiger partial charge on any atom is 0.0644 e. The van der Waals surface area contributed by atoms with Gasteiger partial charge in [0, 0.05) is 43.0 Å². The Morgan fingerprint density at radius 3 is 2.55 bits per heavy atom. The third kappa shape index (κ3) is 2.77. The third-order valence-electron chi connectivity index (χ3n) is 4.07. The van der Waals surface area contributed by atoms with Crippen LogP contribution in [0.3, 0.4) is 0 Å². The molecule has 0 aliphatic carbocycles. The molecule has 20 heavy (non-hydrogen) atoms. The molecule has 0 radical (unpaired) electrons. The molecule has 5 heteroatoms. The first-order chi connectivity index (χ1) is 9.43. The topological polar surface area (TPSA) is 61.7 Å². The van der Waals surface area contributed by atoms with Crippen LogP contribution in [0.25, 0.3) is 0 Å². The van der Waals surface area contributed by atoms with Gasteiger partial charge in [-0.15, -0.1) is 0 Å². The fourth-order valence-corrected chi connectivity index (χ4v) is 2.57. The van der Waals surface area contributed by atoms with E-state index >= 15 is 0 Å². The molecule has 2 unspecified atom stereocenters. The second kappa shape index (κ2) is 5.79. The summed E-state index contributed by atoms with van der Waals surface area (Å²) in [6.07, 6.45) is 3.87. The fraction of sp³-hybridized carbons (Fsp3) is 0.600. The Morgan fingerprint density at radius 2 is 2.00 bits per heavy atom. The van der Waals surface area contributed by atoms with E-state index in [1.54, 1.807) is 0 Å². The maximum absolute atomic E-state index is 6.36. The van der Waals surface area contributed by atoms with Crippen LogP contribution in [0, 0.1) is 13.8 Å². The van der Waals surface area contributed by atoms with Crippen molar-refractivity contribution in [2.45, 2.75) is 52.6 Å². The molecule has 0 saturated carbocycles. The van der Waals surface area contributed by atoms with Gasteiger partial charge in [0.2, 0.25) is 0 Å². The van der Waals surface area contributed by atoms with E-state index in [2.05, 4.69) is 37.0 Å². The lowest BCUT2D eigenvalue weighted by atomic mass is 10.0. The number of hydrogen-bond donors (Lipinski definition) is 1. The minimum absolute atomic E-state index is 0.0519. The Kier molecular flexibility index (Phi) is 4.28. The lowest BCUT2D eigenvalue weighted by molar-refractivity contribution is 0.472. The van der Waals surface area contributed by atoms with Crippen LogP contribution in [0.2, 0.25) is 0 Å². The first-order valence-corrected chi connectivity index (χ1v) is 7.23. The predicted octanol–water partition coefficient (Wildman–Crippen LogP) is 2.45. The SMILES string of the molecule is CCC(C)n1ccc(CC(N)c2c(C)nn(C)c2C)n1. The number of aryl methyl sites for hydroxylation is 2. The number of nitrogens with zero attached hydrogens (tertiary/aromatic N) is 4.